The van der Waals surface area contributed by atoms with Crippen molar-refractivity contribution in [2.45, 2.75) is 32.6 Å². The molecule has 21 heavy (non-hydrogen) atoms. The minimum Gasteiger partial charge on any atom is -0.379 e. The number of fused-ring (bicyclic) bond motifs is 1. The van der Waals surface area contributed by atoms with E-state index in [9.17, 15) is 14.9 Å². The first-order chi connectivity index (χ1) is 10.1. The summed E-state index contributed by atoms with van der Waals surface area (Å²) in [5.74, 6) is 0. The molecule has 112 valence electrons. The lowest BCUT2D eigenvalue weighted by Gasteiger charge is -2.08. The van der Waals surface area contributed by atoms with Gasteiger partial charge >= 0.3 is 0 Å². The van der Waals surface area contributed by atoms with Gasteiger partial charge in [-0.1, -0.05) is 26.2 Å². The second kappa shape index (κ2) is 6.83. The molecule has 2 N–H and O–H groups in total. The number of benzene rings is 1. The monoisotopic (exact) mass is 290 g/mol. The van der Waals surface area contributed by atoms with Crippen LogP contribution < -0.4 is 10.9 Å². The molecule has 0 radical (unpaired) electrons. The molecule has 0 fully saturated rings. The van der Waals surface area contributed by atoms with E-state index in [1.54, 1.807) is 6.07 Å². The van der Waals surface area contributed by atoms with E-state index in [0.29, 0.717) is 17.7 Å². The minimum absolute atomic E-state index is 0.100. The molecule has 1 aromatic carbocycles. The van der Waals surface area contributed by atoms with E-state index in [2.05, 4.69) is 22.2 Å². The fourth-order valence-corrected chi connectivity index (χ4v) is 2.17. The van der Waals surface area contributed by atoms with Crippen LogP contribution in [0.5, 0.6) is 0 Å². The largest absolute Gasteiger partial charge is 0.379 e. The normalized spacial score (nSPS) is 10.7. The molecule has 7 heteroatoms. The number of nitro benzene ring substituents is 1. The van der Waals surface area contributed by atoms with Crippen LogP contribution in [0.4, 0.5) is 11.4 Å². The van der Waals surface area contributed by atoms with Crippen molar-refractivity contribution in [3.05, 3.63) is 38.9 Å². The average Bonchev–Trinajstić information content (AvgIpc) is 2.46. The van der Waals surface area contributed by atoms with Crippen molar-refractivity contribution in [3.8, 4) is 0 Å². The first kappa shape index (κ1) is 15.0. The molecule has 1 heterocycles. The Bertz CT molecular complexity index is 696. The molecule has 1 aromatic heterocycles. The Balaban J connectivity index is 2.26. The van der Waals surface area contributed by atoms with Crippen molar-refractivity contribution in [1.82, 2.24) is 9.97 Å². The molecule has 0 spiro atoms. The van der Waals surface area contributed by atoms with Crippen LogP contribution in [-0.2, 0) is 0 Å². The van der Waals surface area contributed by atoms with Crippen LogP contribution in [0.2, 0.25) is 0 Å². The van der Waals surface area contributed by atoms with Crippen LogP contribution in [0.25, 0.3) is 10.9 Å². The Kier molecular flexibility index (Phi) is 4.86. The third-order valence-corrected chi connectivity index (χ3v) is 3.30. The first-order valence-corrected chi connectivity index (χ1v) is 7.03. The Labute approximate surface area is 121 Å². The second-order valence-electron chi connectivity index (χ2n) is 4.86. The van der Waals surface area contributed by atoms with Crippen LogP contribution in [-0.4, -0.2) is 21.4 Å². The predicted molar refractivity (Wildman–Crippen MR) is 81.6 cm³/mol. The van der Waals surface area contributed by atoms with E-state index >= 15 is 0 Å². The van der Waals surface area contributed by atoms with Crippen molar-refractivity contribution < 1.29 is 4.92 Å². The number of aromatic amines is 1. The van der Waals surface area contributed by atoms with Crippen LogP contribution in [0.15, 0.2) is 23.3 Å². The maximum Gasteiger partial charge on any atom is 0.293 e. The molecule has 0 aliphatic heterocycles. The lowest BCUT2D eigenvalue weighted by molar-refractivity contribution is -0.383. The van der Waals surface area contributed by atoms with Gasteiger partial charge in [-0.3, -0.25) is 14.9 Å². The number of nitrogens with zero attached hydrogens (tertiary/aromatic N) is 2. The lowest BCUT2D eigenvalue weighted by Crippen LogP contribution is -2.09. The molecule has 0 aliphatic carbocycles. The van der Waals surface area contributed by atoms with Gasteiger partial charge in [0.25, 0.3) is 11.2 Å². The smallest absolute Gasteiger partial charge is 0.293 e. The quantitative estimate of drug-likeness (QED) is 0.464. The van der Waals surface area contributed by atoms with E-state index in [0.717, 1.165) is 25.7 Å². The zero-order chi connectivity index (χ0) is 15.2. The van der Waals surface area contributed by atoms with Crippen LogP contribution >= 0.6 is 0 Å². The second-order valence-corrected chi connectivity index (χ2v) is 4.86. The van der Waals surface area contributed by atoms with Gasteiger partial charge in [-0.05, 0) is 12.5 Å². The summed E-state index contributed by atoms with van der Waals surface area (Å²) in [7, 11) is 0. The zero-order valence-electron chi connectivity index (χ0n) is 11.9. The number of aromatic nitrogens is 2. The molecular formula is C14H18N4O3. The maximum atomic E-state index is 11.7. The highest BCUT2D eigenvalue weighted by Crippen LogP contribution is 2.27. The molecule has 7 nitrogen and oxygen atoms in total. The van der Waals surface area contributed by atoms with E-state index < -0.39 is 4.92 Å². The van der Waals surface area contributed by atoms with Gasteiger partial charge in [0.2, 0.25) is 0 Å². The van der Waals surface area contributed by atoms with E-state index in [1.807, 2.05) is 0 Å². The number of rotatable bonds is 7. The van der Waals surface area contributed by atoms with Crippen molar-refractivity contribution in [1.29, 1.82) is 0 Å². The highest BCUT2D eigenvalue weighted by Gasteiger charge is 2.16. The van der Waals surface area contributed by atoms with Crippen molar-refractivity contribution in [2.75, 3.05) is 11.9 Å². The number of nitro groups is 1. The predicted octanol–water partition coefficient (Wildman–Crippen LogP) is 2.82. The number of nitrogens with one attached hydrogen (secondary N) is 2. The third kappa shape index (κ3) is 3.56. The number of hydrogen-bond donors (Lipinski definition) is 2. The SMILES string of the molecule is CCCCCCNc1cc2nc[nH]c(=O)c2cc1[N+](=O)[O-]. The lowest BCUT2D eigenvalue weighted by atomic mass is 10.1. The Morgan fingerprint density at radius 3 is 2.86 bits per heavy atom. The third-order valence-electron chi connectivity index (χ3n) is 3.30. The summed E-state index contributed by atoms with van der Waals surface area (Å²) < 4.78 is 0. The van der Waals surface area contributed by atoms with Gasteiger partial charge < -0.3 is 10.3 Å². The Morgan fingerprint density at radius 2 is 2.14 bits per heavy atom. The van der Waals surface area contributed by atoms with Crippen LogP contribution in [0, 0.1) is 10.1 Å². The molecule has 0 amide bonds. The van der Waals surface area contributed by atoms with Crippen LogP contribution in [0.3, 0.4) is 0 Å². The molecule has 0 atom stereocenters. The summed E-state index contributed by atoms with van der Waals surface area (Å²) in [4.78, 5) is 28.8. The molecule has 2 aromatic rings. The average molecular weight is 290 g/mol. The summed E-state index contributed by atoms with van der Waals surface area (Å²) in [5.41, 5.74) is 0.372. The molecule has 0 saturated carbocycles. The van der Waals surface area contributed by atoms with Crippen LogP contribution in [0.1, 0.15) is 32.6 Å². The molecule has 0 aliphatic rings. The summed E-state index contributed by atoms with van der Waals surface area (Å²) >= 11 is 0. The maximum absolute atomic E-state index is 11.7. The van der Waals surface area contributed by atoms with Gasteiger partial charge in [0, 0.05) is 12.6 Å². The van der Waals surface area contributed by atoms with E-state index in [-0.39, 0.29) is 16.6 Å². The number of anilines is 1. The van der Waals surface area contributed by atoms with E-state index in [1.165, 1.54) is 12.4 Å². The van der Waals surface area contributed by atoms with Gasteiger partial charge in [0.1, 0.15) is 5.69 Å². The number of unbranched alkanes of at least 4 members (excludes halogenated alkanes) is 3. The summed E-state index contributed by atoms with van der Waals surface area (Å²) in [6.07, 6.45) is 5.62. The molecule has 0 bridgehead atoms. The standard InChI is InChI=1S/C14H18N4O3/c1-2-3-4-5-6-15-12-8-11-10(7-13(12)18(20)21)14(19)17-9-16-11/h7-9,15H,2-6H2,1H3,(H,16,17,19). The van der Waals surface area contributed by atoms with Crippen molar-refractivity contribution in [3.63, 3.8) is 0 Å². The van der Waals surface area contributed by atoms with Gasteiger partial charge in [-0.15, -0.1) is 0 Å². The first-order valence-electron chi connectivity index (χ1n) is 7.03. The molecular weight excluding hydrogens is 272 g/mol. The fourth-order valence-electron chi connectivity index (χ4n) is 2.17. The highest BCUT2D eigenvalue weighted by molar-refractivity contribution is 5.86. The van der Waals surface area contributed by atoms with Crippen molar-refractivity contribution in [2.24, 2.45) is 0 Å². The molecule has 0 unspecified atom stereocenters. The number of hydrogen-bond acceptors (Lipinski definition) is 5. The summed E-state index contributed by atoms with van der Waals surface area (Å²) in [5, 5.41) is 14.4. The molecule has 0 saturated heterocycles. The van der Waals surface area contributed by atoms with Gasteiger partial charge in [-0.2, -0.15) is 0 Å². The van der Waals surface area contributed by atoms with Gasteiger partial charge in [-0.25, -0.2) is 4.98 Å². The summed E-state index contributed by atoms with van der Waals surface area (Å²) in [6.45, 7) is 2.79. The Hall–Kier alpha value is -2.44. The zero-order valence-corrected chi connectivity index (χ0v) is 11.9. The fraction of sp³-hybridized carbons (Fsp3) is 0.429. The van der Waals surface area contributed by atoms with Gasteiger partial charge in [0.15, 0.2) is 0 Å². The number of H-pyrrole nitrogens is 1. The van der Waals surface area contributed by atoms with Gasteiger partial charge in [0.05, 0.1) is 22.2 Å². The van der Waals surface area contributed by atoms with E-state index in [4.69, 9.17) is 0 Å². The topological polar surface area (TPSA) is 101 Å². The Morgan fingerprint density at radius 1 is 1.33 bits per heavy atom. The van der Waals surface area contributed by atoms with Crippen molar-refractivity contribution >= 4 is 22.3 Å². The minimum atomic E-state index is -0.486. The summed E-state index contributed by atoms with van der Waals surface area (Å²) in [6, 6.07) is 2.83. The highest BCUT2D eigenvalue weighted by atomic mass is 16.6. The molecule has 2 rings (SSSR count).